The van der Waals surface area contributed by atoms with E-state index in [1.165, 1.54) is 7.11 Å². The fraction of sp³-hybridized carbons (Fsp3) is 0.583. The lowest BCUT2D eigenvalue weighted by Crippen LogP contribution is -2.10. The summed E-state index contributed by atoms with van der Waals surface area (Å²) in [6.07, 6.45) is 2.31. The molecule has 0 heterocycles. The Morgan fingerprint density at radius 1 is 1.00 bits per heavy atom. The average Bonchev–Trinajstić information content (AvgIpc) is 2.39. The Morgan fingerprint density at radius 2 is 1.56 bits per heavy atom. The lowest BCUT2D eigenvalue weighted by Gasteiger charge is -2.04. The summed E-state index contributed by atoms with van der Waals surface area (Å²) in [6, 6.07) is 0. The van der Waals surface area contributed by atoms with Gasteiger partial charge in [-0.15, -0.1) is 0 Å². The standard InChI is InChI=1S/C12H18O6/c1-3-10(13)17-8-4-5-9-18-12(15)7-6-11(14)16-2/h3H,1,4-9H2,2H3. The van der Waals surface area contributed by atoms with Gasteiger partial charge in [-0.05, 0) is 12.8 Å². The molecule has 0 radical (unpaired) electrons. The van der Waals surface area contributed by atoms with Gasteiger partial charge in [-0.25, -0.2) is 4.79 Å². The van der Waals surface area contributed by atoms with E-state index < -0.39 is 17.9 Å². The molecule has 0 aromatic heterocycles. The van der Waals surface area contributed by atoms with Crippen LogP contribution in [0.4, 0.5) is 0 Å². The van der Waals surface area contributed by atoms with Crippen molar-refractivity contribution in [2.45, 2.75) is 25.7 Å². The highest BCUT2D eigenvalue weighted by atomic mass is 16.5. The van der Waals surface area contributed by atoms with E-state index in [2.05, 4.69) is 11.3 Å². The molecule has 0 unspecified atom stereocenters. The van der Waals surface area contributed by atoms with E-state index in [1.807, 2.05) is 0 Å². The number of carbonyl (C=O) groups excluding carboxylic acids is 3. The van der Waals surface area contributed by atoms with Gasteiger partial charge in [0.2, 0.25) is 0 Å². The predicted octanol–water partition coefficient (Wildman–Crippen LogP) is 0.992. The minimum atomic E-state index is -0.468. The molecule has 0 N–H and O–H groups in total. The second-order valence-electron chi connectivity index (χ2n) is 3.38. The first kappa shape index (κ1) is 16.1. The van der Waals surface area contributed by atoms with Crippen LogP contribution >= 0.6 is 0 Å². The van der Waals surface area contributed by atoms with Crippen LogP contribution in [-0.2, 0) is 28.6 Å². The van der Waals surface area contributed by atoms with Crippen LogP contribution in [0.25, 0.3) is 0 Å². The molecule has 0 aromatic carbocycles. The predicted molar refractivity (Wildman–Crippen MR) is 62.6 cm³/mol. The highest BCUT2D eigenvalue weighted by Gasteiger charge is 2.07. The van der Waals surface area contributed by atoms with Gasteiger partial charge >= 0.3 is 17.9 Å². The third-order valence-corrected chi connectivity index (χ3v) is 1.97. The molecule has 102 valence electrons. The number of esters is 3. The lowest BCUT2D eigenvalue weighted by atomic mass is 10.3. The molecule has 0 amide bonds. The van der Waals surface area contributed by atoms with Crippen LogP contribution in [0.1, 0.15) is 25.7 Å². The maximum atomic E-state index is 11.1. The SMILES string of the molecule is C=CC(=O)OCCCCOC(=O)CCC(=O)OC. The van der Waals surface area contributed by atoms with Gasteiger partial charge in [0.15, 0.2) is 0 Å². The lowest BCUT2D eigenvalue weighted by molar-refractivity contribution is -0.149. The molecular weight excluding hydrogens is 240 g/mol. The molecule has 0 rings (SSSR count). The Balaban J connectivity index is 3.38. The summed E-state index contributed by atoms with van der Waals surface area (Å²) < 4.78 is 14.0. The van der Waals surface area contributed by atoms with Crippen LogP contribution in [-0.4, -0.2) is 38.2 Å². The molecule has 0 aliphatic heterocycles. The van der Waals surface area contributed by atoms with E-state index in [0.717, 1.165) is 6.08 Å². The van der Waals surface area contributed by atoms with Crippen molar-refractivity contribution in [2.75, 3.05) is 20.3 Å². The largest absolute Gasteiger partial charge is 0.469 e. The summed E-state index contributed by atoms with van der Waals surface area (Å²) in [7, 11) is 1.26. The molecule has 0 bridgehead atoms. The minimum Gasteiger partial charge on any atom is -0.469 e. The van der Waals surface area contributed by atoms with Gasteiger partial charge in [0, 0.05) is 6.08 Å². The normalized spacial score (nSPS) is 9.39. The molecule has 0 spiro atoms. The Hall–Kier alpha value is -1.85. The molecule has 6 heteroatoms. The van der Waals surface area contributed by atoms with Gasteiger partial charge in [-0.1, -0.05) is 6.58 Å². The first-order valence-corrected chi connectivity index (χ1v) is 5.61. The summed E-state index contributed by atoms with van der Waals surface area (Å²) >= 11 is 0. The number of rotatable bonds is 9. The van der Waals surface area contributed by atoms with Crippen molar-refractivity contribution in [3.63, 3.8) is 0 Å². The molecule has 0 aliphatic rings. The fourth-order valence-electron chi connectivity index (χ4n) is 1.00. The van der Waals surface area contributed by atoms with Gasteiger partial charge < -0.3 is 14.2 Å². The molecule has 0 fully saturated rings. The molecule has 0 aliphatic carbocycles. The molecule has 0 atom stereocenters. The van der Waals surface area contributed by atoms with Gasteiger partial charge in [-0.2, -0.15) is 0 Å². The second kappa shape index (κ2) is 10.3. The first-order valence-electron chi connectivity index (χ1n) is 5.61. The summed E-state index contributed by atoms with van der Waals surface area (Å²) in [6.45, 7) is 3.77. The van der Waals surface area contributed by atoms with Crippen molar-refractivity contribution in [2.24, 2.45) is 0 Å². The van der Waals surface area contributed by atoms with Crippen LogP contribution in [0.2, 0.25) is 0 Å². The Morgan fingerprint density at radius 3 is 2.11 bits per heavy atom. The van der Waals surface area contributed by atoms with E-state index in [9.17, 15) is 14.4 Å². The number of hydrogen-bond donors (Lipinski definition) is 0. The summed E-state index contributed by atoms with van der Waals surface area (Å²) in [5.74, 6) is -1.35. The topological polar surface area (TPSA) is 78.9 Å². The third kappa shape index (κ3) is 9.38. The van der Waals surface area contributed by atoms with Crippen LogP contribution < -0.4 is 0 Å². The number of carbonyl (C=O) groups is 3. The summed E-state index contributed by atoms with van der Waals surface area (Å²) in [5, 5.41) is 0. The minimum absolute atomic E-state index is 0.0120. The first-order chi connectivity index (χ1) is 8.60. The maximum Gasteiger partial charge on any atom is 0.330 e. The van der Waals surface area contributed by atoms with Crippen LogP contribution in [0, 0.1) is 0 Å². The second-order valence-corrected chi connectivity index (χ2v) is 3.38. The molecule has 6 nitrogen and oxygen atoms in total. The molecule has 0 aromatic rings. The Labute approximate surface area is 106 Å². The smallest absolute Gasteiger partial charge is 0.330 e. The van der Waals surface area contributed by atoms with Crippen molar-refractivity contribution >= 4 is 17.9 Å². The van der Waals surface area contributed by atoms with Crippen molar-refractivity contribution in [1.29, 1.82) is 0 Å². The summed E-state index contributed by atoms with van der Waals surface area (Å²) in [4.78, 5) is 32.5. The highest BCUT2D eigenvalue weighted by molar-refractivity contribution is 5.81. The van der Waals surface area contributed by atoms with Crippen molar-refractivity contribution < 1.29 is 28.6 Å². The van der Waals surface area contributed by atoms with E-state index in [0.29, 0.717) is 12.8 Å². The quantitative estimate of drug-likeness (QED) is 0.265. The van der Waals surface area contributed by atoms with Crippen LogP contribution in [0.3, 0.4) is 0 Å². The highest BCUT2D eigenvalue weighted by Crippen LogP contribution is 1.98. The number of hydrogen-bond acceptors (Lipinski definition) is 6. The summed E-state index contributed by atoms with van der Waals surface area (Å²) in [5.41, 5.74) is 0. The van der Waals surface area contributed by atoms with E-state index in [4.69, 9.17) is 9.47 Å². The number of methoxy groups -OCH3 is 1. The monoisotopic (exact) mass is 258 g/mol. The fourth-order valence-corrected chi connectivity index (χ4v) is 1.00. The van der Waals surface area contributed by atoms with Gasteiger partial charge in [-0.3, -0.25) is 9.59 Å². The zero-order valence-corrected chi connectivity index (χ0v) is 10.5. The van der Waals surface area contributed by atoms with Crippen LogP contribution in [0.5, 0.6) is 0 Å². The average molecular weight is 258 g/mol. The Bertz CT molecular complexity index is 297. The molecule has 0 saturated heterocycles. The van der Waals surface area contributed by atoms with Gasteiger partial charge in [0.05, 0.1) is 33.2 Å². The number of unbranched alkanes of at least 4 members (excludes halogenated alkanes) is 1. The zero-order chi connectivity index (χ0) is 13.8. The zero-order valence-electron chi connectivity index (χ0n) is 10.5. The number of ether oxygens (including phenoxy) is 3. The van der Waals surface area contributed by atoms with Crippen molar-refractivity contribution in [3.8, 4) is 0 Å². The molecule has 18 heavy (non-hydrogen) atoms. The van der Waals surface area contributed by atoms with E-state index >= 15 is 0 Å². The van der Waals surface area contributed by atoms with Gasteiger partial charge in [0.25, 0.3) is 0 Å². The maximum absolute atomic E-state index is 11.1. The third-order valence-electron chi connectivity index (χ3n) is 1.97. The van der Waals surface area contributed by atoms with Crippen LogP contribution in [0.15, 0.2) is 12.7 Å². The molecule has 0 saturated carbocycles. The van der Waals surface area contributed by atoms with E-state index in [1.54, 1.807) is 0 Å². The van der Waals surface area contributed by atoms with Crippen molar-refractivity contribution in [3.05, 3.63) is 12.7 Å². The Kier molecular flexibility index (Phi) is 9.25. The molecular formula is C12H18O6. The van der Waals surface area contributed by atoms with Crippen molar-refractivity contribution in [1.82, 2.24) is 0 Å². The van der Waals surface area contributed by atoms with Gasteiger partial charge in [0.1, 0.15) is 0 Å². The van der Waals surface area contributed by atoms with E-state index in [-0.39, 0.29) is 26.1 Å².